The number of benzene rings is 1. The van der Waals surface area contributed by atoms with Crippen LogP contribution in [0.4, 0.5) is 0 Å². The van der Waals surface area contributed by atoms with E-state index in [1.807, 2.05) is 37.3 Å². The van der Waals surface area contributed by atoms with Crippen molar-refractivity contribution in [3.8, 4) is 5.13 Å². The van der Waals surface area contributed by atoms with E-state index in [-0.39, 0.29) is 5.69 Å². The molecule has 0 fully saturated rings. The van der Waals surface area contributed by atoms with E-state index < -0.39 is 5.97 Å². The minimum atomic E-state index is -1.14. The van der Waals surface area contributed by atoms with Crippen LogP contribution in [0.15, 0.2) is 30.3 Å². The first kappa shape index (κ1) is 14.1. The van der Waals surface area contributed by atoms with Gasteiger partial charge in [0.2, 0.25) is 5.13 Å². The highest BCUT2D eigenvalue weighted by molar-refractivity contribution is 7.13. The number of nitrogens with zero attached hydrogens (tertiary/aromatic N) is 5. The van der Waals surface area contributed by atoms with Crippen LogP contribution in [0.2, 0.25) is 0 Å². The fraction of sp³-hybridized carbons (Fsp3) is 0.0714. The third-order valence-corrected chi connectivity index (χ3v) is 3.65. The van der Waals surface area contributed by atoms with E-state index in [0.29, 0.717) is 10.8 Å². The summed E-state index contributed by atoms with van der Waals surface area (Å²) in [5, 5.41) is 26.0. The van der Waals surface area contributed by atoms with E-state index in [1.54, 1.807) is 12.2 Å². The zero-order valence-electron chi connectivity index (χ0n) is 11.5. The largest absolute Gasteiger partial charge is 0.476 e. The summed E-state index contributed by atoms with van der Waals surface area (Å²) in [6.07, 6.45) is 3.46. The molecule has 0 saturated heterocycles. The number of carboxylic acid groups (broad SMARTS) is 1. The summed E-state index contributed by atoms with van der Waals surface area (Å²) in [5.74, 6) is -1.14. The van der Waals surface area contributed by atoms with Gasteiger partial charge >= 0.3 is 5.97 Å². The molecule has 3 rings (SSSR count). The molecule has 0 bridgehead atoms. The van der Waals surface area contributed by atoms with Gasteiger partial charge in [-0.25, -0.2) is 4.79 Å². The molecule has 0 amide bonds. The van der Waals surface area contributed by atoms with Gasteiger partial charge in [0.05, 0.1) is 0 Å². The van der Waals surface area contributed by atoms with Gasteiger partial charge < -0.3 is 5.11 Å². The first-order valence-electron chi connectivity index (χ1n) is 6.38. The lowest BCUT2D eigenvalue weighted by atomic mass is 10.2. The van der Waals surface area contributed by atoms with Crippen molar-refractivity contribution in [1.29, 1.82) is 0 Å². The van der Waals surface area contributed by atoms with Crippen molar-refractivity contribution in [3.63, 3.8) is 0 Å². The normalized spacial score (nSPS) is 11.1. The van der Waals surface area contributed by atoms with Crippen LogP contribution in [-0.2, 0) is 0 Å². The highest BCUT2D eigenvalue weighted by atomic mass is 32.1. The first-order chi connectivity index (χ1) is 10.6. The second-order valence-corrected chi connectivity index (χ2v) is 5.55. The smallest absolute Gasteiger partial charge is 0.358 e. The Labute approximate surface area is 129 Å². The summed E-state index contributed by atoms with van der Waals surface area (Å²) in [6, 6.07) is 9.55. The van der Waals surface area contributed by atoms with Crippen LogP contribution in [0, 0.1) is 6.92 Å². The van der Waals surface area contributed by atoms with E-state index in [0.717, 1.165) is 10.6 Å². The van der Waals surface area contributed by atoms with E-state index in [4.69, 9.17) is 0 Å². The van der Waals surface area contributed by atoms with Crippen LogP contribution in [-0.4, -0.2) is 36.3 Å². The van der Waals surface area contributed by atoms with Crippen LogP contribution < -0.4 is 0 Å². The summed E-state index contributed by atoms with van der Waals surface area (Å²) in [5.41, 5.74) is 1.17. The van der Waals surface area contributed by atoms with Crippen LogP contribution in [0.25, 0.3) is 17.3 Å². The average Bonchev–Trinajstić information content (AvgIpc) is 3.12. The zero-order chi connectivity index (χ0) is 15.5. The van der Waals surface area contributed by atoms with Crippen molar-refractivity contribution >= 4 is 29.5 Å². The van der Waals surface area contributed by atoms with Crippen molar-refractivity contribution in [1.82, 2.24) is 25.2 Å². The second-order valence-electron chi connectivity index (χ2n) is 4.39. The summed E-state index contributed by atoms with van der Waals surface area (Å²) in [7, 11) is 0. The minimum Gasteiger partial charge on any atom is -0.476 e. The molecule has 7 nitrogen and oxygen atoms in total. The third-order valence-electron chi connectivity index (χ3n) is 2.84. The number of aromatic carboxylic acids is 1. The molecule has 0 aliphatic carbocycles. The number of aryl methyl sites for hydroxylation is 1. The predicted octanol–water partition coefficient (Wildman–Crippen LogP) is 2.30. The molecule has 110 valence electrons. The maximum Gasteiger partial charge on any atom is 0.358 e. The molecule has 1 aromatic carbocycles. The van der Waals surface area contributed by atoms with E-state index in [9.17, 15) is 9.90 Å². The number of rotatable bonds is 4. The van der Waals surface area contributed by atoms with Crippen LogP contribution in [0.1, 0.15) is 26.8 Å². The number of carbonyl (C=O) groups is 1. The van der Waals surface area contributed by atoms with Crippen molar-refractivity contribution in [2.75, 3.05) is 0 Å². The molecule has 0 aliphatic heterocycles. The monoisotopic (exact) mass is 313 g/mol. The fourth-order valence-corrected chi connectivity index (χ4v) is 2.49. The van der Waals surface area contributed by atoms with E-state index >= 15 is 0 Å². The number of carboxylic acids is 1. The Balaban J connectivity index is 2.06. The molecule has 0 unspecified atom stereocenters. The second kappa shape index (κ2) is 5.86. The minimum absolute atomic E-state index is 0.125. The zero-order valence-corrected chi connectivity index (χ0v) is 12.4. The Hall–Kier alpha value is -2.87. The van der Waals surface area contributed by atoms with Gasteiger partial charge in [-0.15, -0.1) is 15.3 Å². The van der Waals surface area contributed by atoms with Crippen molar-refractivity contribution in [2.45, 2.75) is 6.92 Å². The summed E-state index contributed by atoms with van der Waals surface area (Å²) < 4.78 is 1.38. The molecule has 1 N–H and O–H groups in total. The topological polar surface area (TPSA) is 93.8 Å². The lowest BCUT2D eigenvalue weighted by molar-refractivity contribution is 0.0690. The summed E-state index contributed by atoms with van der Waals surface area (Å²) >= 11 is 1.31. The van der Waals surface area contributed by atoms with Gasteiger partial charge in [-0.1, -0.05) is 53.0 Å². The molecule has 0 atom stereocenters. The molecule has 2 heterocycles. The van der Waals surface area contributed by atoms with E-state index in [2.05, 4.69) is 20.5 Å². The van der Waals surface area contributed by atoms with Gasteiger partial charge in [0.25, 0.3) is 0 Å². The molecule has 0 aliphatic rings. The van der Waals surface area contributed by atoms with Crippen molar-refractivity contribution in [2.24, 2.45) is 0 Å². The van der Waals surface area contributed by atoms with Gasteiger partial charge in [-0.3, -0.25) is 0 Å². The van der Waals surface area contributed by atoms with Crippen LogP contribution in [0.3, 0.4) is 0 Å². The Morgan fingerprint density at radius 3 is 2.59 bits per heavy atom. The lowest BCUT2D eigenvalue weighted by Crippen LogP contribution is -2.02. The SMILES string of the molecule is Cc1nnc(-n2nnc(C(=O)O)c2/C=C/c2ccccc2)s1. The molecular weight excluding hydrogens is 302 g/mol. The van der Waals surface area contributed by atoms with Gasteiger partial charge in [-0.05, 0) is 18.6 Å². The van der Waals surface area contributed by atoms with Crippen molar-refractivity contribution < 1.29 is 9.90 Å². The number of hydrogen-bond donors (Lipinski definition) is 1. The average molecular weight is 313 g/mol. The predicted molar refractivity (Wildman–Crippen MR) is 81.9 cm³/mol. The summed E-state index contributed by atoms with van der Waals surface area (Å²) in [6.45, 7) is 1.82. The molecule has 0 spiro atoms. The molecule has 3 aromatic rings. The van der Waals surface area contributed by atoms with Gasteiger partial charge in [0, 0.05) is 0 Å². The van der Waals surface area contributed by atoms with Gasteiger partial charge in [0.1, 0.15) is 10.7 Å². The molecule has 0 saturated carbocycles. The lowest BCUT2D eigenvalue weighted by Gasteiger charge is -1.98. The van der Waals surface area contributed by atoms with Crippen molar-refractivity contribution in [3.05, 3.63) is 52.3 Å². The Morgan fingerprint density at radius 1 is 1.18 bits per heavy atom. The standard InChI is InChI=1S/C14H11N5O2S/c1-9-15-17-14(22-9)19-11(12(13(20)21)16-18-19)8-7-10-5-3-2-4-6-10/h2-8H,1H3,(H,20,21)/b8-7+. The van der Waals surface area contributed by atoms with Crippen LogP contribution in [0.5, 0.6) is 0 Å². The highest BCUT2D eigenvalue weighted by Crippen LogP contribution is 2.19. The first-order valence-corrected chi connectivity index (χ1v) is 7.19. The fourth-order valence-electron chi connectivity index (χ4n) is 1.84. The third kappa shape index (κ3) is 2.77. The van der Waals surface area contributed by atoms with Crippen LogP contribution >= 0.6 is 11.3 Å². The number of hydrogen-bond acceptors (Lipinski definition) is 6. The number of aromatic nitrogens is 5. The molecule has 0 radical (unpaired) electrons. The van der Waals surface area contributed by atoms with Gasteiger partial charge in [0.15, 0.2) is 5.69 Å². The molecule has 8 heteroatoms. The van der Waals surface area contributed by atoms with Gasteiger partial charge in [-0.2, -0.15) is 4.68 Å². The maximum absolute atomic E-state index is 11.3. The molecule has 22 heavy (non-hydrogen) atoms. The highest BCUT2D eigenvalue weighted by Gasteiger charge is 2.19. The van der Waals surface area contributed by atoms with E-state index in [1.165, 1.54) is 16.0 Å². The Morgan fingerprint density at radius 2 is 1.95 bits per heavy atom. The molecule has 2 aromatic heterocycles. The Kier molecular flexibility index (Phi) is 3.75. The quantitative estimate of drug-likeness (QED) is 0.794. The summed E-state index contributed by atoms with van der Waals surface area (Å²) in [4.78, 5) is 11.3. The maximum atomic E-state index is 11.3. The Bertz CT molecular complexity index is 838. The molecular formula is C14H11N5O2S.